The molecule has 0 saturated heterocycles. The van der Waals surface area contributed by atoms with E-state index in [-0.39, 0.29) is 28.2 Å². The number of carbonyl (C=O) groups excluding carboxylic acids is 1. The number of aromatic hydroxyl groups is 1. The van der Waals surface area contributed by atoms with Crippen molar-refractivity contribution in [2.75, 3.05) is 7.11 Å². The zero-order valence-electron chi connectivity index (χ0n) is 13.1. The third kappa shape index (κ3) is 3.14. The average molecular weight is 336 g/mol. The molecule has 3 rings (SSSR count). The molecule has 0 aliphatic heterocycles. The number of carbonyl (C=O) groups is 1. The number of oxazole rings is 1. The lowest BCUT2D eigenvalue weighted by Crippen LogP contribution is -2.01. The molecule has 0 amide bonds. The van der Waals surface area contributed by atoms with Gasteiger partial charge in [0.05, 0.1) is 12.6 Å². The number of phenolic OH excluding ortho intramolecular Hbond substituents is 1. The number of methoxy groups -OCH3 is 1. The van der Waals surface area contributed by atoms with Gasteiger partial charge in [0.2, 0.25) is 5.78 Å². The maximum Gasteiger partial charge on any atom is 0.417 e. The molecule has 0 spiro atoms. The highest BCUT2D eigenvalue weighted by atomic mass is 16.5. The highest BCUT2D eigenvalue weighted by molar-refractivity contribution is 6.14. The van der Waals surface area contributed by atoms with Crippen molar-refractivity contribution >= 4 is 23.0 Å². The van der Waals surface area contributed by atoms with Gasteiger partial charge in [0.1, 0.15) is 11.6 Å². The topological polar surface area (TPSA) is 116 Å². The van der Waals surface area contributed by atoms with Crippen LogP contribution in [-0.4, -0.2) is 23.0 Å². The van der Waals surface area contributed by atoms with E-state index in [1.54, 1.807) is 6.07 Å². The Morgan fingerprint density at radius 1 is 1.32 bits per heavy atom. The molecule has 0 radical (unpaired) electrons. The van der Waals surface area contributed by atoms with Crippen LogP contribution in [0.15, 0.2) is 51.2 Å². The second-order valence-corrected chi connectivity index (χ2v) is 5.16. The van der Waals surface area contributed by atoms with E-state index in [1.807, 2.05) is 6.07 Å². The zero-order chi connectivity index (χ0) is 18.0. The molecule has 0 unspecified atom stereocenters. The number of phenols is 1. The van der Waals surface area contributed by atoms with Gasteiger partial charge in [0.25, 0.3) is 0 Å². The van der Waals surface area contributed by atoms with Crippen molar-refractivity contribution < 1.29 is 19.1 Å². The molecule has 0 fully saturated rings. The normalized spacial score (nSPS) is 11.3. The number of ether oxygens (including phenoxy) is 1. The first-order valence-corrected chi connectivity index (χ1v) is 7.18. The maximum absolute atomic E-state index is 12.6. The quantitative estimate of drug-likeness (QED) is 0.430. The van der Waals surface area contributed by atoms with Crippen LogP contribution in [-0.2, 0) is 0 Å². The van der Waals surface area contributed by atoms with Crippen LogP contribution in [0.2, 0.25) is 0 Å². The van der Waals surface area contributed by atoms with E-state index in [4.69, 9.17) is 9.15 Å². The van der Waals surface area contributed by atoms with Crippen molar-refractivity contribution in [1.82, 2.24) is 4.98 Å². The van der Waals surface area contributed by atoms with Gasteiger partial charge in [-0.1, -0.05) is 6.07 Å². The smallest absolute Gasteiger partial charge is 0.417 e. The zero-order valence-corrected chi connectivity index (χ0v) is 13.1. The van der Waals surface area contributed by atoms with E-state index in [0.29, 0.717) is 11.1 Å². The molecule has 1 heterocycles. The summed E-state index contributed by atoms with van der Waals surface area (Å²) in [7, 11) is 1.40. The largest absolute Gasteiger partial charge is 0.504 e. The molecule has 7 heteroatoms. The Morgan fingerprint density at radius 2 is 2.12 bits per heavy atom. The molecule has 0 saturated carbocycles. The Labute approximate surface area is 141 Å². The highest BCUT2D eigenvalue weighted by Crippen LogP contribution is 2.27. The number of rotatable bonds is 4. The number of fused-ring (bicyclic) bond motifs is 1. The average Bonchev–Trinajstić information content (AvgIpc) is 2.99. The Bertz CT molecular complexity index is 1100. The molecule has 1 aromatic heterocycles. The van der Waals surface area contributed by atoms with Crippen molar-refractivity contribution in [3.8, 4) is 17.6 Å². The van der Waals surface area contributed by atoms with Crippen LogP contribution in [0.1, 0.15) is 15.9 Å². The number of benzene rings is 2. The van der Waals surface area contributed by atoms with Crippen LogP contribution >= 0.6 is 0 Å². The number of nitrogens with zero attached hydrogens (tertiary/aromatic N) is 1. The number of allylic oxidation sites excluding steroid dienone is 1. The summed E-state index contributed by atoms with van der Waals surface area (Å²) in [6.45, 7) is 0. The number of nitrogens with one attached hydrogen (secondary N) is 1. The summed E-state index contributed by atoms with van der Waals surface area (Å²) in [6, 6.07) is 10.8. The van der Waals surface area contributed by atoms with Crippen LogP contribution in [0, 0.1) is 11.3 Å². The molecule has 0 bridgehead atoms. The summed E-state index contributed by atoms with van der Waals surface area (Å²) >= 11 is 0. The maximum atomic E-state index is 12.6. The first-order chi connectivity index (χ1) is 12.0. The summed E-state index contributed by atoms with van der Waals surface area (Å²) in [5, 5.41) is 18.9. The van der Waals surface area contributed by atoms with E-state index < -0.39 is 11.5 Å². The molecule has 124 valence electrons. The second kappa shape index (κ2) is 6.37. The number of hydrogen-bond acceptors (Lipinski definition) is 6. The van der Waals surface area contributed by atoms with E-state index in [9.17, 15) is 20.0 Å². The minimum absolute atomic E-state index is 0.0441. The molecule has 25 heavy (non-hydrogen) atoms. The molecule has 7 nitrogen and oxygen atoms in total. The third-order valence-electron chi connectivity index (χ3n) is 3.56. The molecule has 3 aromatic rings. The Kier molecular flexibility index (Phi) is 4.10. The number of aromatic nitrogens is 1. The van der Waals surface area contributed by atoms with Gasteiger partial charge < -0.3 is 14.3 Å². The number of Topliss-reactive ketones (excluding diaryl/α,β-unsaturated/α-hetero) is 1. The number of hydrogen-bond donors (Lipinski definition) is 2. The lowest BCUT2D eigenvalue weighted by Gasteiger charge is -2.04. The summed E-state index contributed by atoms with van der Waals surface area (Å²) in [6.07, 6.45) is 1.39. The van der Waals surface area contributed by atoms with Crippen LogP contribution in [0.3, 0.4) is 0 Å². The van der Waals surface area contributed by atoms with Gasteiger partial charge in [-0.25, -0.2) is 4.79 Å². The predicted molar refractivity (Wildman–Crippen MR) is 89.4 cm³/mol. The molecule has 0 aliphatic rings. The second-order valence-electron chi connectivity index (χ2n) is 5.16. The predicted octanol–water partition coefficient (Wildman–Crippen LogP) is 2.63. The standard InChI is InChI=1S/C18H12N2O5/c1-24-16-7-10(2-5-14(16)21)6-12(9-19)17(22)11-3-4-13-15(8-11)25-18(23)20-13/h2-8,21H,1H3,(H,20,23)/b12-6+. The Hall–Kier alpha value is -3.79. The monoisotopic (exact) mass is 336 g/mol. The highest BCUT2D eigenvalue weighted by Gasteiger charge is 2.14. The van der Waals surface area contributed by atoms with Crippen LogP contribution < -0.4 is 10.5 Å². The number of ketones is 1. The Balaban J connectivity index is 2.00. The fourth-order valence-corrected chi connectivity index (χ4v) is 2.34. The van der Waals surface area contributed by atoms with Gasteiger partial charge in [-0.05, 0) is 42.0 Å². The summed E-state index contributed by atoms with van der Waals surface area (Å²) in [5.74, 6) is -0.946. The van der Waals surface area contributed by atoms with Crippen molar-refractivity contribution in [2.24, 2.45) is 0 Å². The molecule has 2 aromatic carbocycles. The molecule has 2 N–H and O–H groups in total. The van der Waals surface area contributed by atoms with Gasteiger partial charge in [-0.3, -0.25) is 9.78 Å². The number of aromatic amines is 1. The van der Waals surface area contributed by atoms with Gasteiger partial charge >= 0.3 is 5.76 Å². The molecule has 0 atom stereocenters. The lowest BCUT2D eigenvalue weighted by atomic mass is 10.0. The van der Waals surface area contributed by atoms with E-state index in [2.05, 4.69) is 4.98 Å². The molecular weight excluding hydrogens is 324 g/mol. The minimum Gasteiger partial charge on any atom is -0.504 e. The number of nitriles is 1. The lowest BCUT2D eigenvalue weighted by molar-refractivity contribution is 0.104. The van der Waals surface area contributed by atoms with Crippen molar-refractivity contribution in [1.29, 1.82) is 5.26 Å². The molecule has 0 aliphatic carbocycles. The van der Waals surface area contributed by atoms with Gasteiger partial charge in [0, 0.05) is 5.56 Å². The summed E-state index contributed by atoms with van der Waals surface area (Å²) in [4.78, 5) is 26.2. The summed E-state index contributed by atoms with van der Waals surface area (Å²) < 4.78 is 9.93. The number of H-pyrrole nitrogens is 1. The Morgan fingerprint density at radius 3 is 2.84 bits per heavy atom. The molecular formula is C18H12N2O5. The van der Waals surface area contributed by atoms with Crippen LogP contribution in [0.4, 0.5) is 0 Å². The van der Waals surface area contributed by atoms with Gasteiger partial charge in [0.15, 0.2) is 17.1 Å². The fourth-order valence-electron chi connectivity index (χ4n) is 2.34. The van der Waals surface area contributed by atoms with Crippen molar-refractivity contribution in [3.63, 3.8) is 0 Å². The van der Waals surface area contributed by atoms with Gasteiger partial charge in [-0.2, -0.15) is 5.26 Å². The van der Waals surface area contributed by atoms with E-state index in [0.717, 1.165) is 0 Å². The van der Waals surface area contributed by atoms with Crippen LogP contribution in [0.25, 0.3) is 17.2 Å². The SMILES string of the molecule is COc1cc(/C=C(\C#N)C(=O)c2ccc3[nH]c(=O)oc3c2)ccc1O. The third-order valence-corrected chi connectivity index (χ3v) is 3.56. The summed E-state index contributed by atoms with van der Waals surface area (Å²) in [5.41, 5.74) is 1.33. The first kappa shape index (κ1) is 16.1. The minimum atomic E-state index is -0.619. The van der Waals surface area contributed by atoms with Crippen LogP contribution in [0.5, 0.6) is 11.5 Å². The van der Waals surface area contributed by atoms with Crippen molar-refractivity contribution in [2.45, 2.75) is 0 Å². The van der Waals surface area contributed by atoms with Gasteiger partial charge in [-0.15, -0.1) is 0 Å². The first-order valence-electron chi connectivity index (χ1n) is 7.18. The van der Waals surface area contributed by atoms with E-state index >= 15 is 0 Å². The van der Waals surface area contributed by atoms with E-state index in [1.165, 1.54) is 43.5 Å². The van der Waals surface area contributed by atoms with Crippen molar-refractivity contribution in [3.05, 3.63) is 63.6 Å². The fraction of sp³-hybridized carbons (Fsp3) is 0.0556.